The predicted molar refractivity (Wildman–Crippen MR) is 120 cm³/mol. The van der Waals surface area contributed by atoms with Gasteiger partial charge in [-0.2, -0.15) is 8.78 Å². The molecular weight excluding hydrogens is 416 g/mol. The van der Waals surface area contributed by atoms with Gasteiger partial charge in [0.1, 0.15) is 0 Å². The third-order valence-corrected chi connectivity index (χ3v) is 5.43. The molecular formula is C24H31F2N3O3. The average molecular weight is 448 g/mol. The van der Waals surface area contributed by atoms with E-state index in [9.17, 15) is 13.6 Å². The molecule has 0 atom stereocenters. The molecule has 2 aromatic carbocycles. The van der Waals surface area contributed by atoms with Crippen LogP contribution >= 0.6 is 0 Å². The lowest BCUT2D eigenvalue weighted by Gasteiger charge is -2.23. The van der Waals surface area contributed by atoms with Crippen molar-refractivity contribution >= 4 is 11.6 Å². The summed E-state index contributed by atoms with van der Waals surface area (Å²) in [4.78, 5) is 16.8. The number of ether oxygens (including phenoxy) is 2. The molecule has 0 unspecified atom stereocenters. The Bertz CT molecular complexity index is 863. The van der Waals surface area contributed by atoms with Gasteiger partial charge in [-0.1, -0.05) is 24.3 Å². The van der Waals surface area contributed by atoms with Crippen LogP contribution < -0.4 is 19.7 Å². The number of rotatable bonds is 13. The summed E-state index contributed by atoms with van der Waals surface area (Å²) in [6.45, 7) is -0.600. The Morgan fingerprint density at radius 1 is 1.16 bits per heavy atom. The van der Waals surface area contributed by atoms with E-state index >= 15 is 0 Å². The molecule has 174 valence electrons. The van der Waals surface area contributed by atoms with Crippen LogP contribution in [0, 0.1) is 0 Å². The van der Waals surface area contributed by atoms with E-state index in [-0.39, 0.29) is 17.4 Å². The number of hydrogen-bond donors (Lipinski definition) is 1. The van der Waals surface area contributed by atoms with Gasteiger partial charge in [0.15, 0.2) is 11.5 Å². The average Bonchev–Trinajstić information content (AvgIpc) is 3.63. The van der Waals surface area contributed by atoms with Crippen molar-refractivity contribution in [2.45, 2.75) is 38.5 Å². The molecule has 1 N–H and O–H groups in total. The number of nitrogens with zero attached hydrogens (tertiary/aromatic N) is 2. The zero-order valence-corrected chi connectivity index (χ0v) is 18.6. The van der Waals surface area contributed by atoms with Crippen molar-refractivity contribution in [2.24, 2.45) is 0 Å². The van der Waals surface area contributed by atoms with Gasteiger partial charge in [0.05, 0.1) is 13.7 Å². The fraction of sp³-hybridized carbons (Fsp3) is 0.458. The maximum absolute atomic E-state index is 12.5. The first-order valence-corrected chi connectivity index (χ1v) is 10.8. The SMILES string of the molecule is COc1cc(CN(CC(=O)NCCCN(C)c2ccccc2)C2CC2)ccc1OC(F)F. The van der Waals surface area contributed by atoms with E-state index in [1.165, 1.54) is 13.2 Å². The molecule has 1 amide bonds. The van der Waals surface area contributed by atoms with Gasteiger partial charge in [0.25, 0.3) is 0 Å². The fourth-order valence-electron chi connectivity index (χ4n) is 3.59. The molecule has 0 bridgehead atoms. The Morgan fingerprint density at radius 3 is 2.56 bits per heavy atom. The van der Waals surface area contributed by atoms with Crippen LogP contribution in [0.3, 0.4) is 0 Å². The molecule has 3 rings (SSSR count). The van der Waals surface area contributed by atoms with Crippen LogP contribution in [0.4, 0.5) is 14.5 Å². The Hall–Kier alpha value is -2.87. The third kappa shape index (κ3) is 7.37. The number of methoxy groups -OCH3 is 1. The highest BCUT2D eigenvalue weighted by molar-refractivity contribution is 5.78. The predicted octanol–water partition coefficient (Wildman–Crippen LogP) is 3.90. The standard InChI is InChI=1S/C24H31F2N3O3/c1-28(19-7-4-3-5-8-19)14-6-13-27-23(30)17-29(20-10-11-20)16-18-9-12-21(32-24(25)26)22(15-18)31-2/h3-5,7-9,12,15,20,24H,6,10-11,13-14,16-17H2,1-2H3,(H,27,30). The summed E-state index contributed by atoms with van der Waals surface area (Å²) >= 11 is 0. The Morgan fingerprint density at radius 2 is 1.91 bits per heavy atom. The minimum absolute atomic E-state index is 0.00226. The van der Waals surface area contributed by atoms with Gasteiger partial charge < -0.3 is 19.7 Å². The summed E-state index contributed by atoms with van der Waals surface area (Å²) < 4.78 is 34.7. The van der Waals surface area contributed by atoms with Crippen molar-refractivity contribution < 1.29 is 23.0 Å². The summed E-state index contributed by atoms with van der Waals surface area (Å²) in [6.07, 6.45) is 2.96. The number of amides is 1. The van der Waals surface area contributed by atoms with Crippen LogP contribution in [0.1, 0.15) is 24.8 Å². The minimum atomic E-state index is -2.91. The first-order chi connectivity index (χ1) is 15.5. The Balaban J connectivity index is 1.46. The maximum atomic E-state index is 12.5. The monoisotopic (exact) mass is 447 g/mol. The lowest BCUT2D eigenvalue weighted by molar-refractivity contribution is -0.122. The second kappa shape index (κ2) is 11.7. The molecule has 0 saturated heterocycles. The number of carbonyl (C=O) groups excluding carboxylic acids is 1. The smallest absolute Gasteiger partial charge is 0.387 e. The molecule has 6 nitrogen and oxygen atoms in total. The number of benzene rings is 2. The quantitative estimate of drug-likeness (QED) is 0.472. The van der Waals surface area contributed by atoms with Gasteiger partial charge in [0, 0.05) is 38.4 Å². The fourth-order valence-corrected chi connectivity index (χ4v) is 3.59. The van der Waals surface area contributed by atoms with Crippen molar-refractivity contribution in [2.75, 3.05) is 38.7 Å². The summed E-state index contributed by atoms with van der Waals surface area (Å²) in [5, 5.41) is 3.01. The second-order valence-corrected chi connectivity index (χ2v) is 7.96. The van der Waals surface area contributed by atoms with Crippen molar-refractivity contribution in [1.82, 2.24) is 10.2 Å². The second-order valence-electron chi connectivity index (χ2n) is 7.96. The lowest BCUT2D eigenvalue weighted by atomic mass is 10.2. The minimum Gasteiger partial charge on any atom is -0.493 e. The molecule has 0 aromatic heterocycles. The van der Waals surface area contributed by atoms with E-state index in [1.807, 2.05) is 25.2 Å². The summed E-state index contributed by atoms with van der Waals surface area (Å²) in [5.41, 5.74) is 2.03. The normalized spacial score (nSPS) is 13.3. The molecule has 0 aliphatic heterocycles. The third-order valence-electron chi connectivity index (χ3n) is 5.43. The number of nitrogens with one attached hydrogen (secondary N) is 1. The van der Waals surface area contributed by atoms with E-state index in [4.69, 9.17) is 4.74 Å². The van der Waals surface area contributed by atoms with Crippen LogP contribution in [0.2, 0.25) is 0 Å². The van der Waals surface area contributed by atoms with Crippen LogP contribution in [0.15, 0.2) is 48.5 Å². The van der Waals surface area contributed by atoms with Gasteiger partial charge in [-0.3, -0.25) is 9.69 Å². The van der Waals surface area contributed by atoms with Crippen molar-refractivity contribution in [3.63, 3.8) is 0 Å². The van der Waals surface area contributed by atoms with Crippen molar-refractivity contribution in [3.8, 4) is 11.5 Å². The zero-order chi connectivity index (χ0) is 22.9. The van der Waals surface area contributed by atoms with Crippen molar-refractivity contribution in [1.29, 1.82) is 0 Å². The molecule has 1 aliphatic rings. The molecule has 0 heterocycles. The van der Waals surface area contributed by atoms with E-state index < -0.39 is 6.61 Å². The van der Waals surface area contributed by atoms with Gasteiger partial charge in [-0.15, -0.1) is 0 Å². The molecule has 0 spiro atoms. The number of halogens is 2. The number of alkyl halides is 2. The molecule has 0 radical (unpaired) electrons. The zero-order valence-electron chi connectivity index (χ0n) is 18.6. The number of carbonyl (C=O) groups is 1. The highest BCUT2D eigenvalue weighted by Gasteiger charge is 2.30. The Labute approximate surface area is 188 Å². The molecule has 1 saturated carbocycles. The van der Waals surface area contributed by atoms with E-state index in [1.54, 1.807) is 12.1 Å². The maximum Gasteiger partial charge on any atom is 0.387 e. The topological polar surface area (TPSA) is 54.0 Å². The summed E-state index contributed by atoms with van der Waals surface area (Å²) in [6, 6.07) is 15.4. The summed E-state index contributed by atoms with van der Waals surface area (Å²) in [5.74, 6) is 0.247. The molecule has 8 heteroatoms. The van der Waals surface area contributed by atoms with Gasteiger partial charge in [-0.25, -0.2) is 0 Å². The van der Waals surface area contributed by atoms with Crippen LogP contribution in [0.5, 0.6) is 11.5 Å². The van der Waals surface area contributed by atoms with Gasteiger partial charge in [-0.05, 0) is 49.1 Å². The van der Waals surface area contributed by atoms with Crippen LogP contribution in [-0.2, 0) is 11.3 Å². The lowest BCUT2D eigenvalue weighted by Crippen LogP contribution is -2.39. The molecule has 1 aliphatic carbocycles. The van der Waals surface area contributed by atoms with Gasteiger partial charge in [0.2, 0.25) is 5.91 Å². The van der Waals surface area contributed by atoms with E-state index in [0.717, 1.165) is 37.1 Å². The molecule has 2 aromatic rings. The van der Waals surface area contributed by atoms with E-state index in [2.05, 4.69) is 32.0 Å². The molecule has 1 fully saturated rings. The van der Waals surface area contributed by atoms with Crippen molar-refractivity contribution in [3.05, 3.63) is 54.1 Å². The van der Waals surface area contributed by atoms with Crippen LogP contribution in [0.25, 0.3) is 0 Å². The largest absolute Gasteiger partial charge is 0.493 e. The highest BCUT2D eigenvalue weighted by atomic mass is 19.3. The van der Waals surface area contributed by atoms with Gasteiger partial charge >= 0.3 is 6.61 Å². The first kappa shape index (κ1) is 23.8. The number of para-hydroxylation sites is 1. The van der Waals surface area contributed by atoms with E-state index in [0.29, 0.717) is 25.7 Å². The highest BCUT2D eigenvalue weighted by Crippen LogP contribution is 2.32. The number of anilines is 1. The Kier molecular flexibility index (Phi) is 8.67. The first-order valence-electron chi connectivity index (χ1n) is 10.8. The van der Waals surface area contributed by atoms with Crippen LogP contribution in [-0.4, -0.2) is 57.3 Å². The molecule has 32 heavy (non-hydrogen) atoms. The summed E-state index contributed by atoms with van der Waals surface area (Å²) in [7, 11) is 3.46. The number of hydrogen-bond acceptors (Lipinski definition) is 5.